The van der Waals surface area contributed by atoms with Crippen molar-refractivity contribution in [2.45, 2.75) is 39.3 Å². The van der Waals surface area contributed by atoms with Gasteiger partial charge in [-0.2, -0.15) is 5.10 Å². The van der Waals surface area contributed by atoms with Crippen molar-refractivity contribution in [3.8, 4) is 0 Å². The highest BCUT2D eigenvalue weighted by Crippen LogP contribution is 2.24. The van der Waals surface area contributed by atoms with Crippen LogP contribution in [0.5, 0.6) is 0 Å². The zero-order valence-electron chi connectivity index (χ0n) is 12.4. The maximum absolute atomic E-state index is 13.5. The largest absolute Gasteiger partial charge is 0.305 e. The summed E-state index contributed by atoms with van der Waals surface area (Å²) in [5.74, 6) is -1.12. The summed E-state index contributed by atoms with van der Waals surface area (Å²) in [5.41, 5.74) is 1.51. The van der Waals surface area contributed by atoms with Crippen LogP contribution in [-0.4, -0.2) is 16.3 Å². The quantitative estimate of drug-likeness (QED) is 0.844. The summed E-state index contributed by atoms with van der Waals surface area (Å²) in [6, 6.07) is 5.28. The molecule has 0 bridgehead atoms. The Morgan fingerprint density at radius 3 is 2.48 bits per heavy atom. The highest BCUT2D eigenvalue weighted by molar-refractivity contribution is 5.29. The lowest BCUT2D eigenvalue weighted by molar-refractivity contribution is 0.505. The monoisotopic (exact) mass is 293 g/mol. The second kappa shape index (κ2) is 7.31. The predicted octanol–water partition coefficient (Wildman–Crippen LogP) is 3.66. The Kier molecular flexibility index (Phi) is 5.44. The van der Waals surface area contributed by atoms with Gasteiger partial charge in [0, 0.05) is 18.8 Å². The number of halogens is 2. The standard InChI is InChI=1S/C16H21F2N3/c1-3-6-19-16(12-9-13(17)11-14(18)10-12)15-5-7-20-21(15)8-4-2/h5,7,9-11,16,19H,3-4,6,8H2,1-2H3. The highest BCUT2D eigenvalue weighted by atomic mass is 19.1. The molecule has 1 aromatic heterocycles. The topological polar surface area (TPSA) is 29.9 Å². The Labute approximate surface area is 124 Å². The van der Waals surface area contributed by atoms with Gasteiger partial charge in [-0.25, -0.2) is 8.78 Å². The minimum absolute atomic E-state index is 0.260. The molecule has 1 heterocycles. The number of aryl methyl sites for hydroxylation is 1. The molecule has 1 atom stereocenters. The van der Waals surface area contributed by atoms with Crippen LogP contribution < -0.4 is 5.32 Å². The smallest absolute Gasteiger partial charge is 0.126 e. The molecule has 0 radical (unpaired) electrons. The van der Waals surface area contributed by atoms with Crippen molar-refractivity contribution in [1.29, 1.82) is 0 Å². The number of nitrogens with zero attached hydrogens (tertiary/aromatic N) is 2. The van der Waals surface area contributed by atoms with Crippen molar-refractivity contribution in [3.63, 3.8) is 0 Å². The normalized spacial score (nSPS) is 12.6. The number of aromatic nitrogens is 2. The molecule has 21 heavy (non-hydrogen) atoms. The van der Waals surface area contributed by atoms with Gasteiger partial charge in [0.25, 0.3) is 0 Å². The molecule has 0 aliphatic carbocycles. The van der Waals surface area contributed by atoms with Crippen molar-refractivity contribution in [3.05, 3.63) is 53.4 Å². The van der Waals surface area contributed by atoms with Gasteiger partial charge in [0.15, 0.2) is 0 Å². The van der Waals surface area contributed by atoms with Crippen LogP contribution in [0.25, 0.3) is 0 Å². The van der Waals surface area contributed by atoms with Crippen LogP contribution in [-0.2, 0) is 6.54 Å². The first-order valence-electron chi connectivity index (χ1n) is 7.36. The molecule has 5 heteroatoms. The summed E-state index contributed by atoms with van der Waals surface area (Å²) in [4.78, 5) is 0. The first-order valence-corrected chi connectivity index (χ1v) is 7.36. The van der Waals surface area contributed by atoms with E-state index in [0.717, 1.165) is 37.7 Å². The van der Waals surface area contributed by atoms with Gasteiger partial charge in [-0.05, 0) is 43.1 Å². The third kappa shape index (κ3) is 3.88. The van der Waals surface area contributed by atoms with Crippen molar-refractivity contribution in [2.75, 3.05) is 6.54 Å². The van der Waals surface area contributed by atoms with Crippen LogP contribution in [0.1, 0.15) is 44.0 Å². The maximum Gasteiger partial charge on any atom is 0.126 e. The van der Waals surface area contributed by atoms with E-state index in [9.17, 15) is 8.78 Å². The molecule has 0 aliphatic rings. The summed E-state index contributed by atoms with van der Waals surface area (Å²) in [5, 5.41) is 7.64. The Morgan fingerprint density at radius 1 is 1.14 bits per heavy atom. The second-order valence-corrected chi connectivity index (χ2v) is 5.07. The first kappa shape index (κ1) is 15.6. The first-order chi connectivity index (χ1) is 10.2. The van der Waals surface area contributed by atoms with Gasteiger partial charge in [-0.3, -0.25) is 4.68 Å². The molecule has 0 spiro atoms. The van der Waals surface area contributed by atoms with E-state index < -0.39 is 11.6 Å². The van der Waals surface area contributed by atoms with Gasteiger partial charge in [-0.1, -0.05) is 13.8 Å². The molecule has 0 amide bonds. The predicted molar refractivity (Wildman–Crippen MR) is 79.0 cm³/mol. The summed E-state index contributed by atoms with van der Waals surface area (Å²) in [7, 11) is 0. The van der Waals surface area contributed by atoms with E-state index in [4.69, 9.17) is 0 Å². The van der Waals surface area contributed by atoms with E-state index in [2.05, 4.69) is 24.3 Å². The number of rotatable bonds is 7. The average molecular weight is 293 g/mol. The number of hydrogen-bond donors (Lipinski definition) is 1. The van der Waals surface area contributed by atoms with Crippen molar-refractivity contribution in [2.24, 2.45) is 0 Å². The maximum atomic E-state index is 13.5. The van der Waals surface area contributed by atoms with Gasteiger partial charge in [0.2, 0.25) is 0 Å². The van der Waals surface area contributed by atoms with Gasteiger partial charge in [0.1, 0.15) is 11.6 Å². The molecule has 1 unspecified atom stereocenters. The Balaban J connectivity index is 2.39. The van der Waals surface area contributed by atoms with E-state index in [0.29, 0.717) is 5.56 Å². The lowest BCUT2D eigenvalue weighted by Crippen LogP contribution is -2.26. The molecule has 0 fully saturated rings. The molecule has 2 rings (SSSR count). The molecule has 3 nitrogen and oxygen atoms in total. The molecule has 2 aromatic rings. The molecular weight excluding hydrogens is 272 g/mol. The molecular formula is C16H21F2N3. The zero-order valence-corrected chi connectivity index (χ0v) is 12.4. The minimum Gasteiger partial charge on any atom is -0.305 e. The Hall–Kier alpha value is -1.75. The molecule has 0 saturated heterocycles. The fourth-order valence-electron chi connectivity index (χ4n) is 2.41. The Bertz CT molecular complexity index is 560. The molecule has 1 N–H and O–H groups in total. The van der Waals surface area contributed by atoms with Crippen LogP contribution >= 0.6 is 0 Å². The fourth-order valence-corrected chi connectivity index (χ4v) is 2.41. The van der Waals surface area contributed by atoms with Crippen LogP contribution in [0.2, 0.25) is 0 Å². The van der Waals surface area contributed by atoms with Crippen molar-refractivity contribution >= 4 is 0 Å². The number of hydrogen-bond acceptors (Lipinski definition) is 2. The van der Waals surface area contributed by atoms with Gasteiger partial charge in [-0.15, -0.1) is 0 Å². The van der Waals surface area contributed by atoms with Crippen molar-refractivity contribution in [1.82, 2.24) is 15.1 Å². The van der Waals surface area contributed by atoms with Crippen LogP contribution in [0.15, 0.2) is 30.5 Å². The van der Waals surface area contributed by atoms with Crippen LogP contribution in [0, 0.1) is 11.6 Å². The Morgan fingerprint density at radius 2 is 1.86 bits per heavy atom. The van der Waals surface area contributed by atoms with E-state index in [1.54, 1.807) is 6.20 Å². The van der Waals surface area contributed by atoms with E-state index >= 15 is 0 Å². The van der Waals surface area contributed by atoms with Gasteiger partial charge < -0.3 is 5.32 Å². The number of benzene rings is 1. The van der Waals surface area contributed by atoms with Gasteiger partial charge >= 0.3 is 0 Å². The molecule has 114 valence electrons. The zero-order chi connectivity index (χ0) is 15.2. The summed E-state index contributed by atoms with van der Waals surface area (Å²) in [6.07, 6.45) is 3.62. The highest BCUT2D eigenvalue weighted by Gasteiger charge is 2.19. The lowest BCUT2D eigenvalue weighted by Gasteiger charge is -2.20. The van der Waals surface area contributed by atoms with Crippen molar-refractivity contribution < 1.29 is 8.78 Å². The SMILES string of the molecule is CCCNC(c1cc(F)cc(F)c1)c1ccnn1CCC. The molecule has 0 aliphatic heterocycles. The van der Waals surface area contributed by atoms with E-state index in [1.165, 1.54) is 12.1 Å². The molecule has 0 saturated carbocycles. The minimum atomic E-state index is -0.560. The number of nitrogens with one attached hydrogen (secondary N) is 1. The van der Waals surface area contributed by atoms with Gasteiger partial charge in [0.05, 0.1) is 11.7 Å². The second-order valence-electron chi connectivity index (χ2n) is 5.07. The third-order valence-corrected chi connectivity index (χ3v) is 3.30. The summed E-state index contributed by atoms with van der Waals surface area (Å²) < 4.78 is 28.9. The van der Waals surface area contributed by atoms with E-state index in [-0.39, 0.29) is 6.04 Å². The lowest BCUT2D eigenvalue weighted by atomic mass is 10.0. The summed E-state index contributed by atoms with van der Waals surface area (Å²) >= 11 is 0. The summed E-state index contributed by atoms with van der Waals surface area (Å²) in [6.45, 7) is 5.67. The third-order valence-electron chi connectivity index (χ3n) is 3.30. The van der Waals surface area contributed by atoms with Crippen LogP contribution in [0.4, 0.5) is 8.78 Å². The van der Waals surface area contributed by atoms with Crippen LogP contribution in [0.3, 0.4) is 0 Å². The fraction of sp³-hybridized carbons (Fsp3) is 0.438. The average Bonchev–Trinajstić information content (AvgIpc) is 2.87. The molecule has 1 aromatic carbocycles. The van der Waals surface area contributed by atoms with E-state index in [1.807, 2.05) is 10.7 Å².